The number of rotatable bonds is 3. The molecular weight excluding hydrogens is 226 g/mol. The summed E-state index contributed by atoms with van der Waals surface area (Å²) < 4.78 is 5.55. The van der Waals surface area contributed by atoms with E-state index in [0.717, 1.165) is 22.4 Å². The van der Waals surface area contributed by atoms with Crippen LogP contribution in [0.5, 0.6) is 5.75 Å². The number of aryl methyl sites for hydroxylation is 1. The average Bonchev–Trinajstić information content (AvgIpc) is 2.74. The molecule has 18 heavy (non-hydrogen) atoms. The molecule has 4 nitrogen and oxygen atoms in total. The first-order valence-electron chi connectivity index (χ1n) is 6.03. The Balaban J connectivity index is 2.77. The molecule has 0 spiro atoms. The van der Waals surface area contributed by atoms with Gasteiger partial charge in [0.1, 0.15) is 11.6 Å². The summed E-state index contributed by atoms with van der Waals surface area (Å²) in [6, 6.07) is 4.21. The van der Waals surface area contributed by atoms with Crippen molar-refractivity contribution in [2.24, 2.45) is 0 Å². The van der Waals surface area contributed by atoms with E-state index in [0.29, 0.717) is 11.7 Å². The molecule has 2 aromatic rings. The lowest BCUT2D eigenvalue weighted by atomic mass is 9.91. The minimum Gasteiger partial charge on any atom is -0.496 e. The van der Waals surface area contributed by atoms with Crippen LogP contribution in [0, 0.1) is 6.92 Å². The summed E-state index contributed by atoms with van der Waals surface area (Å²) in [4.78, 5) is 0. The van der Waals surface area contributed by atoms with Gasteiger partial charge in [0.25, 0.3) is 0 Å². The lowest BCUT2D eigenvalue weighted by molar-refractivity contribution is 0.412. The smallest absolute Gasteiger partial charge is 0.130 e. The van der Waals surface area contributed by atoms with Crippen molar-refractivity contribution in [3.8, 4) is 16.9 Å². The van der Waals surface area contributed by atoms with Crippen molar-refractivity contribution in [1.29, 1.82) is 0 Å². The molecule has 1 heterocycles. The Morgan fingerprint density at radius 3 is 2.56 bits per heavy atom. The number of nitrogens with one attached hydrogen (secondary N) is 1. The number of nitrogens with two attached hydrogens (primary N) is 1. The van der Waals surface area contributed by atoms with Crippen LogP contribution < -0.4 is 10.5 Å². The van der Waals surface area contributed by atoms with Crippen molar-refractivity contribution >= 4 is 5.82 Å². The Morgan fingerprint density at radius 1 is 1.33 bits per heavy atom. The highest BCUT2D eigenvalue weighted by Crippen LogP contribution is 2.40. The first-order chi connectivity index (χ1) is 8.56. The number of hydrogen-bond donors (Lipinski definition) is 2. The fourth-order valence-electron chi connectivity index (χ4n) is 2.22. The minimum absolute atomic E-state index is 0.392. The average molecular weight is 245 g/mol. The molecule has 0 bridgehead atoms. The van der Waals surface area contributed by atoms with E-state index in [1.807, 2.05) is 6.92 Å². The first-order valence-corrected chi connectivity index (χ1v) is 6.03. The second-order valence-electron chi connectivity index (χ2n) is 4.73. The number of H-pyrrole nitrogens is 1. The molecule has 0 aliphatic carbocycles. The van der Waals surface area contributed by atoms with Crippen LogP contribution >= 0.6 is 0 Å². The number of aromatic nitrogens is 2. The maximum Gasteiger partial charge on any atom is 0.130 e. The van der Waals surface area contributed by atoms with Crippen LogP contribution in [0.1, 0.15) is 30.9 Å². The molecule has 3 N–H and O–H groups in total. The third kappa shape index (κ3) is 1.94. The van der Waals surface area contributed by atoms with Crippen molar-refractivity contribution in [2.45, 2.75) is 26.7 Å². The van der Waals surface area contributed by atoms with Crippen LogP contribution in [-0.4, -0.2) is 17.3 Å². The predicted molar refractivity (Wildman–Crippen MR) is 73.8 cm³/mol. The molecule has 0 saturated heterocycles. The van der Waals surface area contributed by atoms with Gasteiger partial charge in [-0.2, -0.15) is 5.10 Å². The Bertz CT molecular complexity index is 558. The highest BCUT2D eigenvalue weighted by molar-refractivity contribution is 5.82. The van der Waals surface area contributed by atoms with Gasteiger partial charge in [0, 0.05) is 11.1 Å². The summed E-state index contributed by atoms with van der Waals surface area (Å²) in [6.45, 7) is 6.34. The van der Waals surface area contributed by atoms with Crippen molar-refractivity contribution in [3.05, 3.63) is 29.5 Å². The van der Waals surface area contributed by atoms with Gasteiger partial charge in [0.2, 0.25) is 0 Å². The van der Waals surface area contributed by atoms with Gasteiger partial charge in [-0.15, -0.1) is 0 Å². The van der Waals surface area contributed by atoms with Crippen LogP contribution in [-0.2, 0) is 0 Å². The number of aromatic amines is 1. The number of ether oxygens (including phenoxy) is 1. The molecule has 0 saturated carbocycles. The highest BCUT2D eigenvalue weighted by atomic mass is 16.5. The molecule has 0 aliphatic rings. The Hall–Kier alpha value is -1.97. The second-order valence-corrected chi connectivity index (χ2v) is 4.73. The maximum absolute atomic E-state index is 5.94. The Kier molecular flexibility index (Phi) is 3.28. The fraction of sp³-hybridized carbons (Fsp3) is 0.357. The predicted octanol–water partition coefficient (Wildman–Crippen LogP) is 3.10. The molecule has 0 aliphatic heterocycles. The molecule has 1 aromatic heterocycles. The molecule has 0 atom stereocenters. The summed E-state index contributed by atoms with van der Waals surface area (Å²) >= 11 is 0. The monoisotopic (exact) mass is 245 g/mol. The Morgan fingerprint density at radius 2 is 2.06 bits per heavy atom. The molecule has 96 valence electrons. The number of nitrogen functional groups attached to an aromatic ring is 1. The summed E-state index contributed by atoms with van der Waals surface area (Å²) in [5.74, 6) is 1.83. The summed E-state index contributed by atoms with van der Waals surface area (Å²) in [6.07, 6.45) is 1.75. The lowest BCUT2D eigenvalue weighted by Gasteiger charge is -2.18. The van der Waals surface area contributed by atoms with E-state index >= 15 is 0 Å². The van der Waals surface area contributed by atoms with E-state index in [1.165, 1.54) is 5.56 Å². The molecule has 0 fully saturated rings. The SMILES string of the molecule is COc1c(C)ccc(C(C)C)c1-c1cn[nH]c1N. The van der Waals surface area contributed by atoms with Crippen LogP contribution in [0.2, 0.25) is 0 Å². The van der Waals surface area contributed by atoms with Gasteiger partial charge >= 0.3 is 0 Å². The van der Waals surface area contributed by atoms with Crippen LogP contribution in [0.15, 0.2) is 18.3 Å². The number of benzene rings is 1. The molecule has 0 unspecified atom stereocenters. The van der Waals surface area contributed by atoms with Crippen LogP contribution in [0.4, 0.5) is 5.82 Å². The van der Waals surface area contributed by atoms with E-state index in [-0.39, 0.29) is 0 Å². The standard InChI is InChI=1S/C14H19N3O/c1-8(2)10-6-5-9(3)13(18-4)12(10)11-7-16-17-14(11)15/h5-8H,1-4H3,(H3,15,16,17). The zero-order valence-electron chi connectivity index (χ0n) is 11.2. The maximum atomic E-state index is 5.94. The van der Waals surface area contributed by atoms with E-state index < -0.39 is 0 Å². The van der Waals surface area contributed by atoms with Crippen LogP contribution in [0.25, 0.3) is 11.1 Å². The number of methoxy groups -OCH3 is 1. The lowest BCUT2D eigenvalue weighted by Crippen LogP contribution is -2.00. The van der Waals surface area contributed by atoms with Crippen molar-refractivity contribution in [1.82, 2.24) is 10.2 Å². The normalized spacial score (nSPS) is 10.9. The third-order valence-corrected chi connectivity index (χ3v) is 3.15. The zero-order valence-corrected chi connectivity index (χ0v) is 11.2. The van der Waals surface area contributed by atoms with Gasteiger partial charge in [-0.05, 0) is 24.0 Å². The van der Waals surface area contributed by atoms with Crippen molar-refractivity contribution < 1.29 is 4.74 Å². The quantitative estimate of drug-likeness (QED) is 0.873. The molecule has 4 heteroatoms. The summed E-state index contributed by atoms with van der Waals surface area (Å²) in [5, 5.41) is 6.77. The summed E-state index contributed by atoms with van der Waals surface area (Å²) in [7, 11) is 1.69. The van der Waals surface area contributed by atoms with E-state index in [2.05, 4.69) is 36.2 Å². The number of hydrogen-bond acceptors (Lipinski definition) is 3. The van der Waals surface area contributed by atoms with Gasteiger partial charge < -0.3 is 10.5 Å². The van der Waals surface area contributed by atoms with E-state index in [1.54, 1.807) is 13.3 Å². The molecular formula is C14H19N3O. The fourth-order valence-corrected chi connectivity index (χ4v) is 2.22. The molecule has 2 rings (SSSR count). The number of nitrogens with zero attached hydrogens (tertiary/aromatic N) is 1. The van der Waals surface area contributed by atoms with Crippen LogP contribution in [0.3, 0.4) is 0 Å². The van der Waals surface area contributed by atoms with Gasteiger partial charge in [-0.1, -0.05) is 26.0 Å². The topological polar surface area (TPSA) is 63.9 Å². The second kappa shape index (κ2) is 4.72. The molecule has 0 amide bonds. The van der Waals surface area contributed by atoms with E-state index in [9.17, 15) is 0 Å². The molecule has 1 aromatic carbocycles. The van der Waals surface area contributed by atoms with Gasteiger partial charge in [0.05, 0.1) is 13.3 Å². The largest absolute Gasteiger partial charge is 0.496 e. The number of anilines is 1. The van der Waals surface area contributed by atoms with Gasteiger partial charge in [-0.25, -0.2) is 0 Å². The van der Waals surface area contributed by atoms with Crippen molar-refractivity contribution in [2.75, 3.05) is 12.8 Å². The first kappa shape index (κ1) is 12.5. The summed E-state index contributed by atoms with van der Waals surface area (Å²) in [5.41, 5.74) is 10.2. The van der Waals surface area contributed by atoms with E-state index in [4.69, 9.17) is 10.5 Å². The van der Waals surface area contributed by atoms with Gasteiger partial charge in [-0.3, -0.25) is 5.10 Å². The zero-order chi connectivity index (χ0) is 13.3. The molecule has 0 radical (unpaired) electrons. The highest BCUT2D eigenvalue weighted by Gasteiger charge is 2.19. The van der Waals surface area contributed by atoms with Crippen molar-refractivity contribution in [3.63, 3.8) is 0 Å². The third-order valence-electron chi connectivity index (χ3n) is 3.15. The Labute approximate surface area is 107 Å². The minimum atomic E-state index is 0.392. The van der Waals surface area contributed by atoms with Gasteiger partial charge in [0.15, 0.2) is 0 Å².